The first-order valence-electron chi connectivity index (χ1n) is 15.2. The number of rotatable bonds is 26. The van der Waals surface area contributed by atoms with Crippen molar-refractivity contribution < 1.29 is 15.0 Å². The van der Waals surface area contributed by atoms with Crippen molar-refractivity contribution in [2.75, 3.05) is 6.61 Å². The number of carbonyl (C=O) groups excluding carboxylic acids is 1. The summed E-state index contributed by atoms with van der Waals surface area (Å²) in [4.78, 5) is 12.2. The van der Waals surface area contributed by atoms with Gasteiger partial charge >= 0.3 is 0 Å². The summed E-state index contributed by atoms with van der Waals surface area (Å²) >= 11 is 0. The topological polar surface area (TPSA) is 69.6 Å². The molecule has 2 unspecified atom stereocenters. The molecule has 0 heterocycles. The molecular formula is C32H59NO3. The number of allylic oxidation sites excluding steroid dienone is 5. The van der Waals surface area contributed by atoms with Crippen LogP contribution in [-0.2, 0) is 4.79 Å². The van der Waals surface area contributed by atoms with Gasteiger partial charge in [0.15, 0.2) is 0 Å². The van der Waals surface area contributed by atoms with Crippen LogP contribution in [-0.4, -0.2) is 34.9 Å². The SMILES string of the molecule is CCCCCCC/C=C/CC/C=C/CC/C=C/C(O)C(CO)NC(=O)CCCCCCCCCCC. The molecule has 0 aliphatic rings. The lowest BCUT2D eigenvalue weighted by molar-refractivity contribution is -0.123. The minimum absolute atomic E-state index is 0.0853. The van der Waals surface area contributed by atoms with E-state index in [0.29, 0.717) is 6.42 Å². The van der Waals surface area contributed by atoms with Gasteiger partial charge in [0.25, 0.3) is 0 Å². The maximum absolute atomic E-state index is 12.2. The monoisotopic (exact) mass is 505 g/mol. The van der Waals surface area contributed by atoms with E-state index >= 15 is 0 Å². The van der Waals surface area contributed by atoms with Crippen LogP contribution in [0.1, 0.15) is 142 Å². The van der Waals surface area contributed by atoms with Gasteiger partial charge in [0.2, 0.25) is 5.91 Å². The second kappa shape index (κ2) is 28.2. The van der Waals surface area contributed by atoms with Crippen LogP contribution in [0.2, 0.25) is 0 Å². The Morgan fingerprint density at radius 2 is 1.08 bits per heavy atom. The molecule has 0 radical (unpaired) electrons. The van der Waals surface area contributed by atoms with Gasteiger partial charge in [0, 0.05) is 6.42 Å². The van der Waals surface area contributed by atoms with E-state index in [1.54, 1.807) is 6.08 Å². The second-order valence-corrected chi connectivity index (χ2v) is 10.2. The zero-order valence-electron chi connectivity index (χ0n) is 23.8. The molecule has 0 spiro atoms. The van der Waals surface area contributed by atoms with E-state index in [0.717, 1.165) is 38.5 Å². The van der Waals surface area contributed by atoms with E-state index in [4.69, 9.17) is 0 Å². The van der Waals surface area contributed by atoms with Crippen LogP contribution < -0.4 is 5.32 Å². The first-order chi connectivity index (χ1) is 17.7. The Balaban J connectivity index is 3.79. The average Bonchev–Trinajstić information content (AvgIpc) is 2.88. The molecule has 0 aromatic carbocycles. The first kappa shape index (κ1) is 34.6. The molecule has 1 amide bonds. The van der Waals surface area contributed by atoms with E-state index < -0.39 is 12.1 Å². The molecule has 0 aromatic rings. The number of unbranched alkanes of at least 4 members (excludes halogenated alkanes) is 15. The van der Waals surface area contributed by atoms with Crippen molar-refractivity contribution in [3.05, 3.63) is 36.5 Å². The van der Waals surface area contributed by atoms with Crippen LogP contribution in [0.15, 0.2) is 36.5 Å². The van der Waals surface area contributed by atoms with Crippen LogP contribution in [0.5, 0.6) is 0 Å². The van der Waals surface area contributed by atoms with Crippen LogP contribution in [0.25, 0.3) is 0 Å². The van der Waals surface area contributed by atoms with Gasteiger partial charge in [-0.25, -0.2) is 0 Å². The molecule has 4 heteroatoms. The molecule has 36 heavy (non-hydrogen) atoms. The predicted octanol–water partition coefficient (Wildman–Crippen LogP) is 8.33. The molecule has 4 nitrogen and oxygen atoms in total. The third-order valence-corrected chi connectivity index (χ3v) is 6.60. The van der Waals surface area contributed by atoms with Crippen molar-refractivity contribution in [2.45, 2.75) is 154 Å². The van der Waals surface area contributed by atoms with Crippen molar-refractivity contribution in [1.29, 1.82) is 0 Å². The number of hydrogen-bond acceptors (Lipinski definition) is 3. The molecule has 0 aromatic heterocycles. The number of hydrogen-bond donors (Lipinski definition) is 3. The van der Waals surface area contributed by atoms with Crippen LogP contribution in [0.3, 0.4) is 0 Å². The van der Waals surface area contributed by atoms with Gasteiger partial charge in [-0.1, -0.05) is 127 Å². The van der Waals surface area contributed by atoms with Crippen molar-refractivity contribution >= 4 is 5.91 Å². The number of nitrogens with one attached hydrogen (secondary N) is 1. The van der Waals surface area contributed by atoms with Gasteiger partial charge in [0.05, 0.1) is 18.8 Å². The van der Waals surface area contributed by atoms with Crippen molar-refractivity contribution in [3.8, 4) is 0 Å². The normalized spacial score (nSPS) is 13.8. The quantitative estimate of drug-likeness (QED) is 0.0817. The molecule has 0 bridgehead atoms. The van der Waals surface area contributed by atoms with Gasteiger partial charge < -0.3 is 15.5 Å². The predicted molar refractivity (Wildman–Crippen MR) is 156 cm³/mol. The maximum Gasteiger partial charge on any atom is 0.220 e. The minimum Gasteiger partial charge on any atom is -0.394 e. The van der Waals surface area contributed by atoms with Crippen LogP contribution >= 0.6 is 0 Å². The zero-order valence-corrected chi connectivity index (χ0v) is 23.8. The van der Waals surface area contributed by atoms with Gasteiger partial charge in [-0.15, -0.1) is 0 Å². The number of amides is 1. The van der Waals surface area contributed by atoms with Crippen molar-refractivity contribution in [3.63, 3.8) is 0 Å². The third kappa shape index (κ3) is 24.3. The van der Waals surface area contributed by atoms with Crippen LogP contribution in [0, 0.1) is 0 Å². The van der Waals surface area contributed by atoms with Gasteiger partial charge in [-0.2, -0.15) is 0 Å². The highest BCUT2D eigenvalue weighted by molar-refractivity contribution is 5.76. The average molecular weight is 506 g/mol. The minimum atomic E-state index is -0.863. The number of aliphatic hydroxyl groups is 2. The molecule has 0 fully saturated rings. The smallest absolute Gasteiger partial charge is 0.220 e. The maximum atomic E-state index is 12.2. The standard InChI is InChI=1S/C32H59NO3/c1-3-5-7-9-11-13-14-15-16-17-18-20-21-23-25-27-31(35)30(29-34)33-32(36)28-26-24-22-19-12-10-8-6-4-2/h14-15,18,20,25,27,30-31,34-35H,3-13,16-17,19,21-24,26,28-29H2,1-2H3,(H,33,36)/b15-14+,20-18+,27-25+. The van der Waals surface area contributed by atoms with E-state index in [-0.39, 0.29) is 12.5 Å². The second-order valence-electron chi connectivity index (χ2n) is 10.2. The lowest BCUT2D eigenvalue weighted by Crippen LogP contribution is -2.45. The molecule has 0 saturated heterocycles. The summed E-state index contributed by atoms with van der Waals surface area (Å²) in [5, 5.41) is 22.7. The Hall–Kier alpha value is -1.39. The summed E-state index contributed by atoms with van der Waals surface area (Å²) in [6, 6.07) is -0.638. The molecule has 0 saturated carbocycles. The highest BCUT2D eigenvalue weighted by Crippen LogP contribution is 2.11. The fraction of sp³-hybridized carbons (Fsp3) is 0.781. The van der Waals surface area contributed by atoms with Crippen molar-refractivity contribution in [1.82, 2.24) is 5.32 Å². The highest BCUT2D eigenvalue weighted by Gasteiger charge is 2.17. The van der Waals surface area contributed by atoms with Crippen molar-refractivity contribution in [2.24, 2.45) is 0 Å². The zero-order chi connectivity index (χ0) is 26.5. The summed E-state index contributed by atoms with van der Waals surface area (Å²) in [5.41, 5.74) is 0. The summed E-state index contributed by atoms with van der Waals surface area (Å²) in [6.07, 6.45) is 35.0. The number of aliphatic hydroxyl groups excluding tert-OH is 2. The molecule has 0 aliphatic carbocycles. The van der Waals surface area contributed by atoms with Crippen LogP contribution in [0.4, 0.5) is 0 Å². The van der Waals surface area contributed by atoms with Gasteiger partial charge in [-0.3, -0.25) is 4.79 Å². The largest absolute Gasteiger partial charge is 0.394 e. The summed E-state index contributed by atoms with van der Waals surface area (Å²) in [7, 11) is 0. The van der Waals surface area contributed by atoms with E-state index in [2.05, 4.69) is 43.5 Å². The van der Waals surface area contributed by atoms with Gasteiger partial charge in [-0.05, 0) is 44.9 Å². The summed E-state index contributed by atoms with van der Waals surface area (Å²) in [5.74, 6) is -0.0853. The molecule has 210 valence electrons. The van der Waals surface area contributed by atoms with E-state index in [1.165, 1.54) is 83.5 Å². The molecule has 0 aliphatic heterocycles. The van der Waals surface area contributed by atoms with Gasteiger partial charge in [0.1, 0.15) is 0 Å². The Bertz CT molecular complexity index is 556. The lowest BCUT2D eigenvalue weighted by Gasteiger charge is -2.19. The molecule has 3 N–H and O–H groups in total. The molecule has 0 rings (SSSR count). The lowest BCUT2D eigenvalue weighted by atomic mass is 10.1. The first-order valence-corrected chi connectivity index (χ1v) is 15.2. The van der Waals surface area contributed by atoms with E-state index in [9.17, 15) is 15.0 Å². The Morgan fingerprint density at radius 3 is 1.61 bits per heavy atom. The Kier molecular flexibility index (Phi) is 27.1. The fourth-order valence-electron chi connectivity index (χ4n) is 4.21. The Labute approximate surface area is 223 Å². The number of carbonyl (C=O) groups is 1. The summed E-state index contributed by atoms with van der Waals surface area (Å²) < 4.78 is 0. The third-order valence-electron chi connectivity index (χ3n) is 6.60. The highest BCUT2D eigenvalue weighted by atomic mass is 16.3. The Morgan fingerprint density at radius 1 is 0.639 bits per heavy atom. The summed E-state index contributed by atoms with van der Waals surface area (Å²) in [6.45, 7) is 4.22. The van der Waals surface area contributed by atoms with E-state index in [1.807, 2.05) is 6.08 Å². The molecule has 2 atom stereocenters. The fourth-order valence-corrected chi connectivity index (χ4v) is 4.21. The molecular weight excluding hydrogens is 446 g/mol.